The van der Waals surface area contributed by atoms with E-state index in [4.69, 9.17) is 0 Å². The van der Waals surface area contributed by atoms with Crippen LogP contribution in [0.25, 0.3) is 11.4 Å². The summed E-state index contributed by atoms with van der Waals surface area (Å²) in [5.74, 6) is 1.65. The first kappa shape index (κ1) is 10.5. The molecule has 0 unspecified atom stereocenters. The van der Waals surface area contributed by atoms with Crippen molar-refractivity contribution in [2.75, 3.05) is 12.4 Å². The quantitative estimate of drug-likeness (QED) is 0.850. The number of anilines is 1. The molecule has 0 fully saturated rings. The molecule has 0 saturated heterocycles. The Bertz CT molecular complexity index is 445. The summed E-state index contributed by atoms with van der Waals surface area (Å²) in [6.45, 7) is 2.04. The van der Waals surface area contributed by atoms with E-state index in [2.05, 4.69) is 20.3 Å². The van der Waals surface area contributed by atoms with Gasteiger partial charge in [-0.05, 0) is 12.1 Å². The molecule has 2 heterocycles. The van der Waals surface area contributed by atoms with Gasteiger partial charge in [-0.2, -0.15) is 0 Å². The van der Waals surface area contributed by atoms with Crippen molar-refractivity contribution in [1.29, 1.82) is 0 Å². The molecule has 1 N–H and O–H groups in total. The van der Waals surface area contributed by atoms with Crippen LogP contribution in [0.5, 0.6) is 0 Å². The minimum absolute atomic E-state index is 0.815. The normalized spacial score (nSPS) is 10.1. The Balaban J connectivity index is 2.48. The second-order valence-electron chi connectivity index (χ2n) is 3.37. The maximum Gasteiger partial charge on any atom is 0.131 e. The molecule has 4 nitrogen and oxygen atoms in total. The lowest BCUT2D eigenvalue weighted by atomic mass is 10.2. The van der Waals surface area contributed by atoms with Crippen LogP contribution in [0, 0.1) is 0 Å². The van der Waals surface area contributed by atoms with Gasteiger partial charge in [-0.25, -0.2) is 9.97 Å². The van der Waals surface area contributed by atoms with Crippen LogP contribution < -0.4 is 5.32 Å². The average Bonchev–Trinajstić information content (AvgIpc) is 2.39. The Morgan fingerprint density at radius 1 is 1.19 bits per heavy atom. The first-order valence-corrected chi connectivity index (χ1v) is 5.30. The van der Waals surface area contributed by atoms with Crippen molar-refractivity contribution in [3.05, 3.63) is 36.3 Å². The number of rotatable bonds is 3. The third-order valence-corrected chi connectivity index (χ3v) is 2.27. The Labute approximate surface area is 94.8 Å². The van der Waals surface area contributed by atoms with Gasteiger partial charge in [0, 0.05) is 25.7 Å². The van der Waals surface area contributed by atoms with E-state index < -0.39 is 0 Å². The molecule has 0 aliphatic carbocycles. The largest absolute Gasteiger partial charge is 0.373 e. The summed E-state index contributed by atoms with van der Waals surface area (Å²) in [5, 5.41) is 3.03. The van der Waals surface area contributed by atoms with Gasteiger partial charge in [-0.1, -0.05) is 13.0 Å². The summed E-state index contributed by atoms with van der Waals surface area (Å²) < 4.78 is 0. The maximum absolute atomic E-state index is 4.46. The van der Waals surface area contributed by atoms with Crippen LogP contribution in [-0.2, 0) is 6.42 Å². The van der Waals surface area contributed by atoms with Crippen molar-refractivity contribution in [2.45, 2.75) is 13.3 Å². The van der Waals surface area contributed by atoms with Gasteiger partial charge >= 0.3 is 0 Å². The van der Waals surface area contributed by atoms with Gasteiger partial charge in [-0.15, -0.1) is 0 Å². The summed E-state index contributed by atoms with van der Waals surface area (Å²) in [7, 11) is 1.85. The fraction of sp³-hybridized carbons (Fsp3) is 0.250. The summed E-state index contributed by atoms with van der Waals surface area (Å²) in [4.78, 5) is 13.1. The van der Waals surface area contributed by atoms with E-state index in [1.165, 1.54) is 0 Å². The molecule has 0 aromatic carbocycles. The molecule has 0 amide bonds. The van der Waals surface area contributed by atoms with Crippen molar-refractivity contribution in [3.8, 4) is 11.4 Å². The smallest absolute Gasteiger partial charge is 0.131 e. The zero-order valence-corrected chi connectivity index (χ0v) is 9.44. The molecule has 0 saturated carbocycles. The highest BCUT2D eigenvalue weighted by atomic mass is 15.0. The summed E-state index contributed by atoms with van der Waals surface area (Å²) in [6, 6.07) is 7.70. The maximum atomic E-state index is 4.46. The summed E-state index contributed by atoms with van der Waals surface area (Å²) in [6.07, 6.45) is 2.58. The molecule has 0 aliphatic rings. The van der Waals surface area contributed by atoms with Gasteiger partial charge < -0.3 is 5.32 Å². The SMILES string of the molecule is CCc1nc(NC)cc(-c2ccccn2)n1. The second kappa shape index (κ2) is 4.70. The highest BCUT2D eigenvalue weighted by molar-refractivity contribution is 5.58. The van der Waals surface area contributed by atoms with Gasteiger partial charge in [0.05, 0.1) is 11.4 Å². The van der Waals surface area contributed by atoms with E-state index in [-0.39, 0.29) is 0 Å². The number of nitrogens with zero attached hydrogens (tertiary/aromatic N) is 3. The molecule has 0 aliphatic heterocycles. The molecule has 2 aromatic rings. The van der Waals surface area contributed by atoms with Crippen molar-refractivity contribution in [1.82, 2.24) is 15.0 Å². The number of aryl methyl sites for hydroxylation is 1. The number of aromatic nitrogens is 3. The molecule has 16 heavy (non-hydrogen) atoms. The van der Waals surface area contributed by atoms with E-state index in [1.807, 2.05) is 38.2 Å². The lowest BCUT2D eigenvalue weighted by molar-refractivity contribution is 0.942. The monoisotopic (exact) mass is 214 g/mol. The van der Waals surface area contributed by atoms with Gasteiger partial charge in [0.2, 0.25) is 0 Å². The van der Waals surface area contributed by atoms with Gasteiger partial charge in [0.25, 0.3) is 0 Å². The Kier molecular flexibility index (Phi) is 3.10. The number of pyridine rings is 1. The minimum atomic E-state index is 0.815. The summed E-state index contributed by atoms with van der Waals surface area (Å²) in [5.41, 5.74) is 1.73. The zero-order valence-electron chi connectivity index (χ0n) is 9.44. The topological polar surface area (TPSA) is 50.7 Å². The number of hydrogen-bond donors (Lipinski definition) is 1. The van der Waals surface area contributed by atoms with Crippen molar-refractivity contribution < 1.29 is 0 Å². The third-order valence-electron chi connectivity index (χ3n) is 2.27. The van der Waals surface area contributed by atoms with Crippen LogP contribution in [0.4, 0.5) is 5.82 Å². The summed E-state index contributed by atoms with van der Waals surface area (Å²) >= 11 is 0. The molecule has 0 atom stereocenters. The lowest BCUT2D eigenvalue weighted by Gasteiger charge is -2.05. The molecule has 0 bridgehead atoms. The molecular formula is C12H14N4. The van der Waals surface area contributed by atoms with Crippen LogP contribution >= 0.6 is 0 Å². The molecule has 82 valence electrons. The van der Waals surface area contributed by atoms with E-state index >= 15 is 0 Å². The van der Waals surface area contributed by atoms with Crippen molar-refractivity contribution in [3.63, 3.8) is 0 Å². The van der Waals surface area contributed by atoms with Crippen molar-refractivity contribution in [2.24, 2.45) is 0 Å². The van der Waals surface area contributed by atoms with Gasteiger partial charge in [0.15, 0.2) is 0 Å². The van der Waals surface area contributed by atoms with Gasteiger partial charge in [-0.3, -0.25) is 4.98 Å². The number of nitrogens with one attached hydrogen (secondary N) is 1. The first-order chi connectivity index (χ1) is 7.83. The highest BCUT2D eigenvalue weighted by Crippen LogP contribution is 2.17. The van der Waals surface area contributed by atoms with E-state index in [0.717, 1.165) is 29.5 Å². The predicted octanol–water partition coefficient (Wildman–Crippen LogP) is 2.14. The van der Waals surface area contributed by atoms with E-state index in [1.54, 1.807) is 6.20 Å². The fourth-order valence-corrected chi connectivity index (χ4v) is 1.43. The Morgan fingerprint density at radius 3 is 2.69 bits per heavy atom. The standard InChI is InChI=1S/C12H14N4/c1-3-11-15-10(8-12(13-2)16-11)9-6-4-5-7-14-9/h4-8H,3H2,1-2H3,(H,13,15,16). The van der Waals surface area contributed by atoms with Crippen LogP contribution in [0.3, 0.4) is 0 Å². The molecule has 4 heteroatoms. The Morgan fingerprint density at radius 2 is 2.06 bits per heavy atom. The van der Waals surface area contributed by atoms with Crippen LogP contribution in [0.2, 0.25) is 0 Å². The first-order valence-electron chi connectivity index (χ1n) is 5.30. The molecular weight excluding hydrogens is 200 g/mol. The lowest BCUT2D eigenvalue weighted by Crippen LogP contribution is -2.01. The number of hydrogen-bond acceptors (Lipinski definition) is 4. The van der Waals surface area contributed by atoms with E-state index in [0.29, 0.717) is 0 Å². The van der Waals surface area contributed by atoms with Crippen molar-refractivity contribution >= 4 is 5.82 Å². The average molecular weight is 214 g/mol. The van der Waals surface area contributed by atoms with Crippen LogP contribution in [-0.4, -0.2) is 22.0 Å². The van der Waals surface area contributed by atoms with Crippen LogP contribution in [0.15, 0.2) is 30.5 Å². The highest BCUT2D eigenvalue weighted by Gasteiger charge is 2.05. The van der Waals surface area contributed by atoms with E-state index in [9.17, 15) is 0 Å². The zero-order chi connectivity index (χ0) is 11.4. The molecule has 2 rings (SSSR count). The third kappa shape index (κ3) is 2.16. The fourth-order valence-electron chi connectivity index (χ4n) is 1.43. The minimum Gasteiger partial charge on any atom is -0.373 e. The molecule has 2 aromatic heterocycles. The predicted molar refractivity (Wildman–Crippen MR) is 64.2 cm³/mol. The van der Waals surface area contributed by atoms with Crippen LogP contribution in [0.1, 0.15) is 12.7 Å². The Hall–Kier alpha value is -1.97. The molecule has 0 radical (unpaired) electrons. The second-order valence-corrected chi connectivity index (χ2v) is 3.37. The van der Waals surface area contributed by atoms with Gasteiger partial charge in [0.1, 0.15) is 11.6 Å². The molecule has 0 spiro atoms.